The highest BCUT2D eigenvalue weighted by Crippen LogP contribution is 2.28. The van der Waals surface area contributed by atoms with Gasteiger partial charge in [-0.05, 0) is 19.9 Å². The number of hydrogen-bond acceptors (Lipinski definition) is 5. The van der Waals surface area contributed by atoms with E-state index in [4.69, 9.17) is 15.4 Å². The third-order valence-electron chi connectivity index (χ3n) is 2.09. The normalized spacial score (nSPS) is 11.5. The lowest BCUT2D eigenvalue weighted by Gasteiger charge is -2.02. The third kappa shape index (κ3) is 4.24. The lowest BCUT2D eigenvalue weighted by molar-refractivity contribution is 0.0926. The van der Waals surface area contributed by atoms with Crippen molar-refractivity contribution in [2.45, 2.75) is 18.7 Å². The van der Waals surface area contributed by atoms with Crippen molar-refractivity contribution >= 4 is 37.0 Å². The van der Waals surface area contributed by atoms with Crippen LogP contribution in [0.2, 0.25) is 0 Å². The highest BCUT2D eigenvalue weighted by molar-refractivity contribution is 8.13. The molecule has 1 aromatic rings. The zero-order valence-electron chi connectivity index (χ0n) is 10.0. The van der Waals surface area contributed by atoms with E-state index in [1.54, 1.807) is 6.92 Å². The topological polar surface area (TPSA) is 72.5 Å². The predicted octanol–water partition coefficient (Wildman–Crippen LogP) is 1.75. The molecule has 102 valence electrons. The summed E-state index contributed by atoms with van der Waals surface area (Å²) in [6.45, 7) is 4.86. The Morgan fingerprint density at radius 3 is 2.72 bits per heavy atom. The molecule has 0 spiro atoms. The van der Waals surface area contributed by atoms with Crippen LogP contribution >= 0.6 is 22.0 Å². The van der Waals surface area contributed by atoms with E-state index in [0.29, 0.717) is 29.5 Å². The van der Waals surface area contributed by atoms with Crippen molar-refractivity contribution in [1.82, 2.24) is 5.32 Å². The Morgan fingerprint density at radius 1 is 1.56 bits per heavy atom. The molecule has 0 radical (unpaired) electrons. The SMILES string of the molecule is CCOCCNC(=O)c1cc(S(=O)(=O)Cl)c(C)s1. The van der Waals surface area contributed by atoms with Gasteiger partial charge in [-0.15, -0.1) is 11.3 Å². The molecule has 0 unspecified atom stereocenters. The molecule has 0 bridgehead atoms. The first kappa shape index (κ1) is 15.4. The van der Waals surface area contributed by atoms with Gasteiger partial charge in [0.2, 0.25) is 0 Å². The summed E-state index contributed by atoms with van der Waals surface area (Å²) >= 11 is 1.10. The molecule has 0 aromatic carbocycles. The predicted molar refractivity (Wildman–Crippen MR) is 70.9 cm³/mol. The first-order valence-electron chi connectivity index (χ1n) is 5.27. The Hall–Kier alpha value is -0.630. The molecular formula is C10H14ClNO4S2. The van der Waals surface area contributed by atoms with Crippen LogP contribution in [0.15, 0.2) is 11.0 Å². The maximum atomic E-state index is 11.7. The maximum Gasteiger partial charge on any atom is 0.262 e. The summed E-state index contributed by atoms with van der Waals surface area (Å²) in [4.78, 5) is 12.5. The van der Waals surface area contributed by atoms with Gasteiger partial charge in [-0.1, -0.05) is 0 Å². The number of aryl methyl sites for hydroxylation is 1. The Bertz CT molecular complexity index is 524. The van der Waals surface area contributed by atoms with Crippen molar-refractivity contribution < 1.29 is 17.9 Å². The molecule has 0 fully saturated rings. The van der Waals surface area contributed by atoms with Crippen LogP contribution < -0.4 is 5.32 Å². The van der Waals surface area contributed by atoms with E-state index in [-0.39, 0.29) is 10.8 Å². The molecule has 18 heavy (non-hydrogen) atoms. The molecular weight excluding hydrogens is 298 g/mol. The molecule has 0 saturated heterocycles. The van der Waals surface area contributed by atoms with E-state index in [1.807, 2.05) is 6.92 Å². The average Bonchev–Trinajstić information content (AvgIpc) is 2.66. The van der Waals surface area contributed by atoms with Gasteiger partial charge in [0.15, 0.2) is 0 Å². The smallest absolute Gasteiger partial charge is 0.262 e. The maximum absolute atomic E-state index is 11.7. The Balaban J connectivity index is 2.71. The van der Waals surface area contributed by atoms with E-state index in [9.17, 15) is 13.2 Å². The number of nitrogens with one attached hydrogen (secondary N) is 1. The van der Waals surface area contributed by atoms with Gasteiger partial charge in [-0.3, -0.25) is 4.79 Å². The fourth-order valence-corrected chi connectivity index (χ4v) is 3.87. The minimum absolute atomic E-state index is 0.0101. The summed E-state index contributed by atoms with van der Waals surface area (Å²) in [7, 11) is 1.46. The minimum Gasteiger partial charge on any atom is -0.380 e. The summed E-state index contributed by atoms with van der Waals surface area (Å²) in [5, 5.41) is 2.63. The monoisotopic (exact) mass is 311 g/mol. The Labute approximate surface area is 115 Å². The van der Waals surface area contributed by atoms with Crippen LogP contribution in [0.1, 0.15) is 21.5 Å². The summed E-state index contributed by atoms with van der Waals surface area (Å²) in [5.41, 5.74) is 0. The highest BCUT2D eigenvalue weighted by atomic mass is 35.7. The first-order valence-corrected chi connectivity index (χ1v) is 8.40. The quantitative estimate of drug-likeness (QED) is 0.641. The van der Waals surface area contributed by atoms with Crippen LogP contribution in [-0.2, 0) is 13.8 Å². The first-order chi connectivity index (χ1) is 8.36. The van der Waals surface area contributed by atoms with Crippen molar-refractivity contribution in [3.63, 3.8) is 0 Å². The lowest BCUT2D eigenvalue weighted by atomic mass is 10.4. The number of hydrogen-bond donors (Lipinski definition) is 1. The average molecular weight is 312 g/mol. The molecule has 0 aliphatic carbocycles. The molecule has 0 saturated carbocycles. The fourth-order valence-electron chi connectivity index (χ4n) is 1.29. The molecule has 0 aliphatic heterocycles. The molecule has 0 aliphatic rings. The van der Waals surface area contributed by atoms with Crippen LogP contribution in [0.4, 0.5) is 0 Å². The number of thiophene rings is 1. The van der Waals surface area contributed by atoms with E-state index in [0.717, 1.165) is 11.3 Å². The summed E-state index contributed by atoms with van der Waals surface area (Å²) in [5.74, 6) is -0.325. The minimum atomic E-state index is -3.80. The molecule has 1 amide bonds. The number of carbonyl (C=O) groups excluding carboxylic acids is 1. The van der Waals surface area contributed by atoms with Crippen LogP contribution in [0.5, 0.6) is 0 Å². The van der Waals surface area contributed by atoms with Gasteiger partial charge >= 0.3 is 0 Å². The summed E-state index contributed by atoms with van der Waals surface area (Å²) in [6, 6.07) is 1.29. The molecule has 1 heterocycles. The standard InChI is InChI=1S/C10H14ClNO4S2/c1-3-16-5-4-12-10(13)8-6-9(7(2)17-8)18(11,14)15/h6H,3-5H2,1-2H3,(H,12,13). The second kappa shape index (κ2) is 6.51. The van der Waals surface area contributed by atoms with Gasteiger partial charge in [-0.2, -0.15) is 0 Å². The van der Waals surface area contributed by atoms with Crippen LogP contribution in [-0.4, -0.2) is 34.1 Å². The summed E-state index contributed by atoms with van der Waals surface area (Å²) < 4.78 is 27.5. The van der Waals surface area contributed by atoms with Gasteiger partial charge in [0, 0.05) is 28.7 Å². The second-order valence-corrected chi connectivity index (χ2v) is 7.21. The number of carbonyl (C=O) groups is 1. The van der Waals surface area contributed by atoms with Gasteiger partial charge < -0.3 is 10.1 Å². The number of halogens is 1. The van der Waals surface area contributed by atoms with Crippen LogP contribution in [0.3, 0.4) is 0 Å². The van der Waals surface area contributed by atoms with Crippen molar-refractivity contribution in [3.8, 4) is 0 Å². The van der Waals surface area contributed by atoms with Gasteiger partial charge in [0.1, 0.15) is 0 Å². The number of rotatable bonds is 6. The lowest BCUT2D eigenvalue weighted by Crippen LogP contribution is -2.26. The molecule has 1 N–H and O–H groups in total. The zero-order valence-corrected chi connectivity index (χ0v) is 12.4. The van der Waals surface area contributed by atoms with Crippen molar-refractivity contribution in [3.05, 3.63) is 15.8 Å². The number of ether oxygens (including phenoxy) is 1. The van der Waals surface area contributed by atoms with Gasteiger partial charge in [-0.25, -0.2) is 8.42 Å². The second-order valence-electron chi connectivity index (χ2n) is 3.42. The molecule has 0 atom stereocenters. The van der Waals surface area contributed by atoms with E-state index in [2.05, 4.69) is 5.32 Å². The van der Waals surface area contributed by atoms with Crippen molar-refractivity contribution in [2.24, 2.45) is 0 Å². The van der Waals surface area contributed by atoms with Crippen molar-refractivity contribution in [1.29, 1.82) is 0 Å². The Morgan fingerprint density at radius 2 is 2.22 bits per heavy atom. The zero-order chi connectivity index (χ0) is 13.8. The van der Waals surface area contributed by atoms with E-state index >= 15 is 0 Å². The molecule has 1 aromatic heterocycles. The molecule has 1 rings (SSSR count). The van der Waals surface area contributed by atoms with Crippen molar-refractivity contribution in [2.75, 3.05) is 19.8 Å². The largest absolute Gasteiger partial charge is 0.380 e. The van der Waals surface area contributed by atoms with Gasteiger partial charge in [0.05, 0.1) is 16.4 Å². The van der Waals surface area contributed by atoms with Gasteiger partial charge in [0.25, 0.3) is 15.0 Å². The van der Waals surface area contributed by atoms with E-state index < -0.39 is 9.05 Å². The molecule has 8 heteroatoms. The Kier molecular flexibility index (Phi) is 5.58. The summed E-state index contributed by atoms with van der Waals surface area (Å²) in [6.07, 6.45) is 0. The fraction of sp³-hybridized carbons (Fsp3) is 0.500. The number of amides is 1. The van der Waals surface area contributed by atoms with Crippen LogP contribution in [0.25, 0.3) is 0 Å². The molecule has 5 nitrogen and oxygen atoms in total. The van der Waals surface area contributed by atoms with E-state index in [1.165, 1.54) is 6.07 Å². The third-order valence-corrected chi connectivity index (χ3v) is 4.72. The highest BCUT2D eigenvalue weighted by Gasteiger charge is 2.19. The van der Waals surface area contributed by atoms with Crippen LogP contribution in [0, 0.1) is 6.92 Å².